The number of nitrogens with zero attached hydrogens (tertiary/aromatic N) is 2. The zero-order valence-corrected chi connectivity index (χ0v) is 12.6. The molecule has 0 aromatic carbocycles. The number of likely N-dealkylation sites (N-methyl/N-ethyl adjacent to an activating group) is 1. The van der Waals surface area contributed by atoms with Gasteiger partial charge in [-0.3, -0.25) is 4.79 Å². The van der Waals surface area contributed by atoms with Crippen molar-refractivity contribution in [3.8, 4) is 0 Å². The van der Waals surface area contributed by atoms with E-state index in [0.29, 0.717) is 32.2 Å². The molecular formula is C15H28N2O3. The molecular weight excluding hydrogens is 256 g/mol. The highest BCUT2D eigenvalue weighted by Crippen LogP contribution is 2.26. The summed E-state index contributed by atoms with van der Waals surface area (Å²) in [6.45, 7) is 3.56. The highest BCUT2D eigenvalue weighted by Gasteiger charge is 2.32. The van der Waals surface area contributed by atoms with Gasteiger partial charge in [0.15, 0.2) is 0 Å². The van der Waals surface area contributed by atoms with Crippen LogP contribution in [-0.4, -0.2) is 73.4 Å². The molecule has 2 aliphatic rings. The molecule has 1 amide bonds. The Morgan fingerprint density at radius 1 is 1.35 bits per heavy atom. The number of carbonyl (C=O) groups is 1. The normalized spacial score (nSPS) is 25.1. The fourth-order valence-electron chi connectivity index (χ4n) is 3.30. The second kappa shape index (κ2) is 7.96. The molecule has 20 heavy (non-hydrogen) atoms. The first kappa shape index (κ1) is 15.7. The number of morpholine rings is 1. The van der Waals surface area contributed by atoms with E-state index >= 15 is 0 Å². The Bertz CT molecular complexity index is 305. The van der Waals surface area contributed by atoms with Crippen molar-refractivity contribution in [3.05, 3.63) is 0 Å². The number of aliphatic hydroxyl groups is 1. The SMILES string of the molecule is CN(CCO)C[C@H]1COCCN1C(=O)C1CCCCC1. The number of carbonyl (C=O) groups excluding carboxylic acids is 1. The standard InChI is InChI=1S/C15H28N2O3/c1-16(7-9-18)11-14-12-20-10-8-17(14)15(19)13-5-3-2-4-6-13/h13-14,18H,2-12H2,1H3/t14-/m0/s1. The van der Waals surface area contributed by atoms with Gasteiger partial charge in [0.05, 0.1) is 25.9 Å². The van der Waals surface area contributed by atoms with Gasteiger partial charge in [0, 0.05) is 25.6 Å². The van der Waals surface area contributed by atoms with E-state index in [4.69, 9.17) is 9.84 Å². The van der Waals surface area contributed by atoms with Gasteiger partial charge in [0.2, 0.25) is 5.91 Å². The molecule has 0 radical (unpaired) electrons. The summed E-state index contributed by atoms with van der Waals surface area (Å²) in [5.41, 5.74) is 0. The Morgan fingerprint density at radius 2 is 2.10 bits per heavy atom. The van der Waals surface area contributed by atoms with E-state index in [2.05, 4.69) is 4.90 Å². The maximum atomic E-state index is 12.7. The number of ether oxygens (including phenoxy) is 1. The molecule has 1 saturated carbocycles. The van der Waals surface area contributed by atoms with Crippen LogP contribution in [0.15, 0.2) is 0 Å². The summed E-state index contributed by atoms with van der Waals surface area (Å²) in [4.78, 5) is 16.8. The Hall–Kier alpha value is -0.650. The highest BCUT2D eigenvalue weighted by atomic mass is 16.5. The first-order valence-electron chi connectivity index (χ1n) is 7.90. The summed E-state index contributed by atoms with van der Waals surface area (Å²) in [6, 6.07) is 0.134. The summed E-state index contributed by atoms with van der Waals surface area (Å²) in [5.74, 6) is 0.558. The van der Waals surface area contributed by atoms with Crippen molar-refractivity contribution in [2.75, 3.05) is 46.5 Å². The van der Waals surface area contributed by atoms with Crippen molar-refractivity contribution in [3.63, 3.8) is 0 Å². The predicted molar refractivity (Wildman–Crippen MR) is 77.5 cm³/mol. The van der Waals surface area contributed by atoms with E-state index in [1.54, 1.807) is 0 Å². The van der Waals surface area contributed by atoms with Gasteiger partial charge in [-0.1, -0.05) is 19.3 Å². The smallest absolute Gasteiger partial charge is 0.226 e. The summed E-state index contributed by atoms with van der Waals surface area (Å²) < 4.78 is 5.55. The summed E-state index contributed by atoms with van der Waals surface area (Å²) >= 11 is 0. The maximum absolute atomic E-state index is 12.7. The molecule has 5 nitrogen and oxygen atoms in total. The van der Waals surface area contributed by atoms with Crippen molar-refractivity contribution in [1.82, 2.24) is 9.80 Å². The van der Waals surface area contributed by atoms with Crippen LogP contribution < -0.4 is 0 Å². The summed E-state index contributed by atoms with van der Waals surface area (Å²) in [5, 5.41) is 8.99. The molecule has 1 heterocycles. The number of amides is 1. The highest BCUT2D eigenvalue weighted by molar-refractivity contribution is 5.79. The van der Waals surface area contributed by atoms with Crippen molar-refractivity contribution in [2.24, 2.45) is 5.92 Å². The Morgan fingerprint density at radius 3 is 2.80 bits per heavy atom. The lowest BCUT2D eigenvalue weighted by Crippen LogP contribution is -2.55. The van der Waals surface area contributed by atoms with Crippen LogP contribution in [0, 0.1) is 5.92 Å². The molecule has 1 atom stereocenters. The number of aliphatic hydroxyl groups excluding tert-OH is 1. The van der Waals surface area contributed by atoms with Gasteiger partial charge in [-0.05, 0) is 19.9 Å². The van der Waals surface area contributed by atoms with Gasteiger partial charge in [0.25, 0.3) is 0 Å². The minimum atomic E-state index is 0.134. The second-order valence-corrected chi connectivity index (χ2v) is 6.08. The number of hydrogen-bond acceptors (Lipinski definition) is 4. The predicted octanol–water partition coefficient (Wildman–Crippen LogP) is 0.718. The fourth-order valence-corrected chi connectivity index (χ4v) is 3.30. The van der Waals surface area contributed by atoms with Gasteiger partial charge in [-0.2, -0.15) is 0 Å². The third-order valence-electron chi connectivity index (χ3n) is 4.47. The van der Waals surface area contributed by atoms with E-state index in [9.17, 15) is 4.79 Å². The van der Waals surface area contributed by atoms with Crippen molar-refractivity contribution < 1.29 is 14.6 Å². The average Bonchev–Trinajstić information content (AvgIpc) is 2.48. The van der Waals surface area contributed by atoms with E-state index < -0.39 is 0 Å². The third-order valence-corrected chi connectivity index (χ3v) is 4.47. The lowest BCUT2D eigenvalue weighted by molar-refractivity contribution is -0.146. The first-order valence-corrected chi connectivity index (χ1v) is 7.90. The van der Waals surface area contributed by atoms with Crippen LogP contribution in [0.3, 0.4) is 0 Å². The van der Waals surface area contributed by atoms with Crippen LogP contribution in [0.1, 0.15) is 32.1 Å². The van der Waals surface area contributed by atoms with Crippen LogP contribution in [0.25, 0.3) is 0 Å². The maximum Gasteiger partial charge on any atom is 0.226 e. The molecule has 2 fully saturated rings. The Labute approximate surface area is 121 Å². The average molecular weight is 284 g/mol. The third kappa shape index (κ3) is 4.17. The lowest BCUT2D eigenvalue weighted by Gasteiger charge is -2.40. The largest absolute Gasteiger partial charge is 0.395 e. The molecule has 0 bridgehead atoms. The van der Waals surface area contributed by atoms with Crippen LogP contribution in [-0.2, 0) is 9.53 Å². The van der Waals surface area contributed by atoms with Crippen molar-refractivity contribution >= 4 is 5.91 Å². The molecule has 116 valence electrons. The van der Waals surface area contributed by atoms with Gasteiger partial charge >= 0.3 is 0 Å². The molecule has 0 spiro atoms. The van der Waals surface area contributed by atoms with E-state index in [0.717, 1.165) is 19.4 Å². The minimum absolute atomic E-state index is 0.134. The zero-order chi connectivity index (χ0) is 14.4. The van der Waals surface area contributed by atoms with Crippen LogP contribution >= 0.6 is 0 Å². The first-order chi connectivity index (χ1) is 9.72. The minimum Gasteiger partial charge on any atom is -0.395 e. The number of hydrogen-bond donors (Lipinski definition) is 1. The zero-order valence-electron chi connectivity index (χ0n) is 12.6. The molecule has 1 aliphatic carbocycles. The van der Waals surface area contributed by atoms with Gasteiger partial charge in [-0.25, -0.2) is 0 Å². The van der Waals surface area contributed by atoms with E-state index in [1.807, 2.05) is 11.9 Å². The van der Waals surface area contributed by atoms with Gasteiger partial charge in [-0.15, -0.1) is 0 Å². The molecule has 5 heteroatoms. The monoisotopic (exact) mass is 284 g/mol. The summed E-state index contributed by atoms with van der Waals surface area (Å²) in [6.07, 6.45) is 5.76. The topological polar surface area (TPSA) is 53.0 Å². The molecule has 0 aromatic heterocycles. The molecule has 1 aliphatic heterocycles. The Balaban J connectivity index is 1.93. The van der Waals surface area contributed by atoms with Crippen molar-refractivity contribution in [1.29, 1.82) is 0 Å². The summed E-state index contributed by atoms with van der Waals surface area (Å²) in [7, 11) is 1.98. The van der Waals surface area contributed by atoms with E-state index in [1.165, 1.54) is 19.3 Å². The molecule has 0 unspecified atom stereocenters. The molecule has 2 rings (SSSR count). The molecule has 0 aromatic rings. The lowest BCUT2D eigenvalue weighted by atomic mass is 9.88. The van der Waals surface area contributed by atoms with Crippen molar-refractivity contribution in [2.45, 2.75) is 38.1 Å². The fraction of sp³-hybridized carbons (Fsp3) is 0.933. The quantitative estimate of drug-likeness (QED) is 0.808. The van der Waals surface area contributed by atoms with E-state index in [-0.39, 0.29) is 18.6 Å². The second-order valence-electron chi connectivity index (χ2n) is 6.08. The van der Waals surface area contributed by atoms with Crippen LogP contribution in [0.4, 0.5) is 0 Å². The number of rotatable bonds is 5. The van der Waals surface area contributed by atoms with Crippen LogP contribution in [0.5, 0.6) is 0 Å². The molecule has 1 saturated heterocycles. The van der Waals surface area contributed by atoms with Crippen LogP contribution in [0.2, 0.25) is 0 Å². The van der Waals surface area contributed by atoms with Gasteiger partial charge < -0.3 is 19.6 Å². The Kier molecular flexibility index (Phi) is 6.26. The van der Waals surface area contributed by atoms with Gasteiger partial charge in [0.1, 0.15) is 0 Å². The molecule has 1 N–H and O–H groups in total.